The fourth-order valence-corrected chi connectivity index (χ4v) is 3.67. The van der Waals surface area contributed by atoms with Crippen molar-refractivity contribution in [2.75, 3.05) is 7.11 Å². The van der Waals surface area contributed by atoms with Gasteiger partial charge in [-0.2, -0.15) is 0 Å². The van der Waals surface area contributed by atoms with Crippen LogP contribution in [0.15, 0.2) is 85.5 Å². The molecule has 30 heavy (non-hydrogen) atoms. The normalized spacial score (nSPS) is 10.9. The predicted octanol–water partition coefficient (Wildman–Crippen LogP) is 7.58. The van der Waals surface area contributed by atoms with Gasteiger partial charge in [-0.05, 0) is 76.2 Å². The quantitative estimate of drug-likeness (QED) is 0.303. The van der Waals surface area contributed by atoms with Crippen molar-refractivity contribution in [3.63, 3.8) is 0 Å². The van der Waals surface area contributed by atoms with E-state index in [2.05, 4.69) is 24.8 Å². The summed E-state index contributed by atoms with van der Waals surface area (Å²) in [5, 5.41) is 2.14. The second-order valence-corrected chi connectivity index (χ2v) is 7.27. The molecule has 3 heteroatoms. The molecule has 0 N–H and O–H groups in total. The number of hydrogen-bond acceptors (Lipinski definition) is 1. The van der Waals surface area contributed by atoms with E-state index >= 15 is 0 Å². The smallest absolute Gasteiger partial charge is 0.134 e. The minimum Gasteiger partial charge on any atom is -0.497 e. The molecule has 0 amide bonds. The third kappa shape index (κ3) is 3.97. The SMILES string of the molecule is C=CCCc1ccc2cc(-c3cc(F)c(-c4ccc(OC)cc4)c(F)c3)ccc2c1. The Hall–Kier alpha value is -3.46. The van der Waals surface area contributed by atoms with Crippen molar-refractivity contribution in [1.82, 2.24) is 0 Å². The van der Waals surface area contributed by atoms with Crippen LogP contribution in [0, 0.1) is 11.6 Å². The molecule has 4 aromatic rings. The summed E-state index contributed by atoms with van der Waals surface area (Å²) in [5.41, 5.74) is 2.98. The maximum atomic E-state index is 14.9. The van der Waals surface area contributed by atoms with Gasteiger partial charge in [0.1, 0.15) is 17.4 Å². The first-order valence-electron chi connectivity index (χ1n) is 9.86. The number of hydrogen-bond donors (Lipinski definition) is 0. The van der Waals surface area contributed by atoms with E-state index in [1.165, 1.54) is 17.7 Å². The van der Waals surface area contributed by atoms with Gasteiger partial charge in [-0.3, -0.25) is 0 Å². The molecule has 150 valence electrons. The second kappa shape index (κ2) is 8.50. The lowest BCUT2D eigenvalue weighted by atomic mass is 9.96. The first kappa shape index (κ1) is 19.8. The van der Waals surface area contributed by atoms with Crippen LogP contribution in [0.2, 0.25) is 0 Å². The Labute approximate surface area is 175 Å². The fraction of sp³-hybridized carbons (Fsp3) is 0.111. The van der Waals surface area contributed by atoms with Gasteiger partial charge in [0.25, 0.3) is 0 Å². The zero-order chi connectivity index (χ0) is 21.1. The molecule has 0 heterocycles. The van der Waals surface area contributed by atoms with E-state index in [-0.39, 0.29) is 5.56 Å². The largest absolute Gasteiger partial charge is 0.497 e. The molecule has 4 aromatic carbocycles. The summed E-state index contributed by atoms with van der Waals surface area (Å²) in [6, 6.07) is 21.6. The van der Waals surface area contributed by atoms with Crippen LogP contribution >= 0.6 is 0 Å². The zero-order valence-corrected chi connectivity index (χ0v) is 16.8. The van der Waals surface area contributed by atoms with Crippen molar-refractivity contribution in [1.29, 1.82) is 0 Å². The van der Waals surface area contributed by atoms with E-state index in [4.69, 9.17) is 4.74 Å². The highest BCUT2D eigenvalue weighted by Gasteiger charge is 2.14. The number of benzene rings is 4. The maximum Gasteiger partial charge on any atom is 0.134 e. The Balaban J connectivity index is 1.69. The van der Waals surface area contributed by atoms with Gasteiger partial charge in [0.15, 0.2) is 0 Å². The zero-order valence-electron chi connectivity index (χ0n) is 16.8. The number of rotatable bonds is 6. The number of fused-ring (bicyclic) bond motifs is 1. The lowest BCUT2D eigenvalue weighted by Crippen LogP contribution is -1.93. The summed E-state index contributed by atoms with van der Waals surface area (Å²) in [5.74, 6) is -0.537. The molecule has 0 atom stereocenters. The van der Waals surface area contributed by atoms with Crippen molar-refractivity contribution >= 4 is 10.8 Å². The van der Waals surface area contributed by atoms with E-state index in [9.17, 15) is 8.78 Å². The monoisotopic (exact) mass is 400 g/mol. The van der Waals surface area contributed by atoms with Gasteiger partial charge in [0.2, 0.25) is 0 Å². The average molecular weight is 400 g/mol. The van der Waals surface area contributed by atoms with Crippen LogP contribution in [0.4, 0.5) is 8.78 Å². The third-order valence-corrected chi connectivity index (χ3v) is 5.30. The third-order valence-electron chi connectivity index (χ3n) is 5.30. The molecule has 0 radical (unpaired) electrons. The van der Waals surface area contributed by atoms with Gasteiger partial charge in [-0.25, -0.2) is 8.78 Å². The van der Waals surface area contributed by atoms with Gasteiger partial charge in [0, 0.05) is 0 Å². The highest BCUT2D eigenvalue weighted by atomic mass is 19.1. The molecular formula is C27H22F2O. The second-order valence-electron chi connectivity index (χ2n) is 7.27. The highest BCUT2D eigenvalue weighted by molar-refractivity contribution is 5.88. The summed E-state index contributed by atoms with van der Waals surface area (Å²) in [6.07, 6.45) is 3.79. The van der Waals surface area contributed by atoms with Crippen molar-refractivity contribution in [3.8, 4) is 28.0 Å². The van der Waals surface area contributed by atoms with Crippen molar-refractivity contribution < 1.29 is 13.5 Å². The Morgan fingerprint density at radius 2 is 1.40 bits per heavy atom. The number of halogens is 2. The van der Waals surface area contributed by atoms with E-state index in [0.717, 1.165) is 29.2 Å². The minimum atomic E-state index is -0.588. The molecule has 0 aromatic heterocycles. The molecule has 0 aliphatic heterocycles. The summed E-state index contributed by atoms with van der Waals surface area (Å²) < 4.78 is 34.9. The van der Waals surface area contributed by atoms with Crippen LogP contribution in [0.25, 0.3) is 33.0 Å². The lowest BCUT2D eigenvalue weighted by molar-refractivity contribution is 0.415. The van der Waals surface area contributed by atoms with Crippen LogP contribution in [0.3, 0.4) is 0 Å². The van der Waals surface area contributed by atoms with E-state index in [1.54, 1.807) is 31.4 Å². The van der Waals surface area contributed by atoms with Crippen molar-refractivity contribution in [2.24, 2.45) is 0 Å². The Kier molecular flexibility index (Phi) is 5.62. The topological polar surface area (TPSA) is 9.23 Å². The summed E-state index contributed by atoms with van der Waals surface area (Å²) in [7, 11) is 1.55. The van der Waals surface area contributed by atoms with Gasteiger partial charge in [0.05, 0.1) is 12.7 Å². The van der Waals surface area contributed by atoms with Gasteiger partial charge in [-0.15, -0.1) is 6.58 Å². The van der Waals surface area contributed by atoms with E-state index in [1.807, 2.05) is 24.3 Å². The molecule has 1 nitrogen and oxygen atoms in total. The molecule has 0 saturated carbocycles. The molecule has 0 spiro atoms. The lowest BCUT2D eigenvalue weighted by Gasteiger charge is -2.11. The molecule has 0 unspecified atom stereocenters. The average Bonchev–Trinajstić information content (AvgIpc) is 2.77. The van der Waals surface area contributed by atoms with Crippen molar-refractivity contribution in [3.05, 3.63) is 103 Å². The number of allylic oxidation sites excluding steroid dienone is 1. The standard InChI is InChI=1S/C27H22F2O/c1-3-4-5-18-6-7-21-15-22(9-8-20(21)14-18)23-16-25(28)27(26(29)17-23)19-10-12-24(30-2)13-11-19/h3,6-17H,1,4-5H2,2H3. The van der Waals surface area contributed by atoms with Gasteiger partial charge >= 0.3 is 0 Å². The summed E-state index contributed by atoms with van der Waals surface area (Å²) in [6.45, 7) is 3.76. The predicted molar refractivity (Wildman–Crippen MR) is 120 cm³/mol. The molecule has 4 rings (SSSR count). The van der Waals surface area contributed by atoms with Gasteiger partial charge in [-0.1, -0.05) is 48.5 Å². The first-order chi connectivity index (χ1) is 14.6. The van der Waals surface area contributed by atoms with Crippen LogP contribution < -0.4 is 4.74 Å². The molecule has 0 bridgehead atoms. The molecule has 0 aliphatic carbocycles. The van der Waals surface area contributed by atoms with E-state index < -0.39 is 11.6 Å². The van der Waals surface area contributed by atoms with Crippen LogP contribution in [0.5, 0.6) is 5.75 Å². The number of ether oxygens (including phenoxy) is 1. The molecule has 0 saturated heterocycles. The van der Waals surface area contributed by atoms with Crippen LogP contribution in [-0.2, 0) is 6.42 Å². The molecule has 0 fully saturated rings. The van der Waals surface area contributed by atoms with E-state index in [0.29, 0.717) is 16.9 Å². The Morgan fingerprint density at radius 1 is 0.767 bits per heavy atom. The first-order valence-corrected chi connectivity index (χ1v) is 9.86. The Morgan fingerprint density at radius 3 is 2.07 bits per heavy atom. The highest BCUT2D eigenvalue weighted by Crippen LogP contribution is 2.33. The molecular weight excluding hydrogens is 378 g/mol. The summed E-state index contributed by atoms with van der Waals surface area (Å²) in [4.78, 5) is 0. The summed E-state index contributed by atoms with van der Waals surface area (Å²) >= 11 is 0. The number of aryl methyl sites for hydroxylation is 1. The Bertz CT molecular complexity index is 1190. The van der Waals surface area contributed by atoms with Crippen LogP contribution in [0.1, 0.15) is 12.0 Å². The van der Waals surface area contributed by atoms with Gasteiger partial charge < -0.3 is 4.74 Å². The minimum absolute atomic E-state index is 0.0333. The fourth-order valence-electron chi connectivity index (χ4n) is 3.67. The molecule has 0 aliphatic rings. The van der Waals surface area contributed by atoms with Crippen LogP contribution in [-0.4, -0.2) is 7.11 Å². The maximum absolute atomic E-state index is 14.9. The number of methoxy groups -OCH3 is 1. The van der Waals surface area contributed by atoms with Crippen molar-refractivity contribution in [2.45, 2.75) is 12.8 Å².